The van der Waals surface area contributed by atoms with Gasteiger partial charge in [0.15, 0.2) is 5.78 Å². The third-order valence-corrected chi connectivity index (χ3v) is 4.82. The molecule has 150 valence electrons. The Morgan fingerprint density at radius 1 is 1.00 bits per heavy atom. The minimum absolute atomic E-state index is 0.0381. The number of Topliss-reactive ketones (excluding diaryl/α,β-unsaturated/α-hetero) is 1. The highest BCUT2D eigenvalue weighted by molar-refractivity contribution is 5.98. The molecule has 0 saturated heterocycles. The van der Waals surface area contributed by atoms with Gasteiger partial charge in [0, 0.05) is 18.5 Å². The van der Waals surface area contributed by atoms with Crippen LogP contribution in [0.2, 0.25) is 0 Å². The Morgan fingerprint density at radius 2 is 1.72 bits per heavy atom. The molecule has 0 bridgehead atoms. The van der Waals surface area contributed by atoms with Gasteiger partial charge in [0.2, 0.25) is 0 Å². The molecular formula is C25H26FNO2. The fourth-order valence-electron chi connectivity index (χ4n) is 3.13. The summed E-state index contributed by atoms with van der Waals surface area (Å²) >= 11 is 0. The van der Waals surface area contributed by atoms with Gasteiger partial charge in [0.25, 0.3) is 0 Å². The van der Waals surface area contributed by atoms with Crippen LogP contribution in [-0.2, 0) is 6.42 Å². The number of carbonyl (C=O) groups excluding carboxylic acids is 1. The lowest BCUT2D eigenvalue weighted by Crippen LogP contribution is -2.19. The summed E-state index contributed by atoms with van der Waals surface area (Å²) in [6.07, 6.45) is 0.285. The van der Waals surface area contributed by atoms with Crippen LogP contribution in [0.1, 0.15) is 21.5 Å². The predicted molar refractivity (Wildman–Crippen MR) is 115 cm³/mol. The fourth-order valence-corrected chi connectivity index (χ4v) is 3.13. The molecular weight excluding hydrogens is 365 g/mol. The first-order valence-electron chi connectivity index (χ1n) is 9.69. The van der Waals surface area contributed by atoms with Gasteiger partial charge in [-0.25, -0.2) is 4.39 Å². The molecule has 3 aromatic carbocycles. The Morgan fingerprint density at radius 3 is 2.41 bits per heavy atom. The van der Waals surface area contributed by atoms with E-state index in [1.54, 1.807) is 25.1 Å². The number of hydrogen-bond acceptors (Lipinski definition) is 3. The number of likely N-dealkylation sites (N-methyl/N-ethyl adjacent to an activating group) is 1. The second kappa shape index (κ2) is 9.48. The lowest BCUT2D eigenvalue weighted by molar-refractivity contribution is 0.0993. The zero-order valence-corrected chi connectivity index (χ0v) is 17.1. The number of hydrogen-bond donors (Lipinski definition) is 0. The van der Waals surface area contributed by atoms with Crippen LogP contribution in [0.5, 0.6) is 5.75 Å². The van der Waals surface area contributed by atoms with Crippen LogP contribution < -0.4 is 4.74 Å². The van der Waals surface area contributed by atoms with E-state index in [0.717, 1.165) is 29.0 Å². The number of benzene rings is 3. The van der Waals surface area contributed by atoms with Crippen LogP contribution >= 0.6 is 0 Å². The van der Waals surface area contributed by atoms with Gasteiger partial charge < -0.3 is 9.64 Å². The molecule has 0 aliphatic carbocycles. The van der Waals surface area contributed by atoms with E-state index in [0.29, 0.717) is 17.7 Å². The maximum absolute atomic E-state index is 13.6. The highest BCUT2D eigenvalue weighted by Gasteiger charge is 2.12. The van der Waals surface area contributed by atoms with Gasteiger partial charge in [-0.15, -0.1) is 0 Å². The van der Waals surface area contributed by atoms with Gasteiger partial charge in [-0.2, -0.15) is 0 Å². The quantitative estimate of drug-likeness (QED) is 0.496. The molecule has 3 nitrogen and oxygen atoms in total. The molecule has 4 heteroatoms. The molecule has 0 heterocycles. The van der Waals surface area contributed by atoms with E-state index in [1.165, 1.54) is 6.07 Å². The van der Waals surface area contributed by atoms with Crippen molar-refractivity contribution < 1.29 is 13.9 Å². The van der Waals surface area contributed by atoms with E-state index < -0.39 is 0 Å². The van der Waals surface area contributed by atoms with Crippen LogP contribution in [0.4, 0.5) is 4.39 Å². The average molecular weight is 391 g/mol. The molecule has 0 aromatic heterocycles. The minimum Gasteiger partial charge on any atom is -0.492 e. The molecule has 0 amide bonds. The summed E-state index contributed by atoms with van der Waals surface area (Å²) in [7, 11) is 3.99. The van der Waals surface area contributed by atoms with Crippen molar-refractivity contribution in [2.45, 2.75) is 13.3 Å². The number of halogens is 1. The summed E-state index contributed by atoms with van der Waals surface area (Å²) in [6, 6.07) is 20.1. The van der Waals surface area contributed by atoms with E-state index in [4.69, 9.17) is 4.74 Å². The first kappa shape index (κ1) is 20.7. The Hall–Kier alpha value is -2.98. The van der Waals surface area contributed by atoms with Gasteiger partial charge in [0.05, 0.1) is 0 Å². The van der Waals surface area contributed by atoms with Crippen molar-refractivity contribution in [1.82, 2.24) is 4.90 Å². The van der Waals surface area contributed by atoms with Crippen LogP contribution in [-0.4, -0.2) is 37.9 Å². The van der Waals surface area contributed by atoms with Crippen LogP contribution in [0.25, 0.3) is 11.1 Å². The molecule has 0 fully saturated rings. The van der Waals surface area contributed by atoms with Crippen molar-refractivity contribution in [3.63, 3.8) is 0 Å². The van der Waals surface area contributed by atoms with Gasteiger partial charge in [0.1, 0.15) is 18.2 Å². The van der Waals surface area contributed by atoms with Gasteiger partial charge in [-0.3, -0.25) is 4.79 Å². The third kappa shape index (κ3) is 5.52. The molecule has 0 radical (unpaired) electrons. The molecule has 0 N–H and O–H groups in total. The van der Waals surface area contributed by atoms with Crippen LogP contribution in [0, 0.1) is 12.7 Å². The van der Waals surface area contributed by atoms with Gasteiger partial charge in [-0.05, 0) is 79.7 Å². The molecule has 3 rings (SSSR count). The first-order valence-corrected chi connectivity index (χ1v) is 9.69. The maximum atomic E-state index is 13.6. The zero-order valence-electron chi connectivity index (χ0n) is 17.1. The fraction of sp³-hybridized carbons (Fsp3) is 0.240. The van der Waals surface area contributed by atoms with Crippen molar-refractivity contribution in [3.8, 4) is 16.9 Å². The summed E-state index contributed by atoms with van der Waals surface area (Å²) in [4.78, 5) is 14.9. The monoisotopic (exact) mass is 391 g/mol. The normalized spacial score (nSPS) is 10.9. The van der Waals surface area contributed by atoms with Crippen LogP contribution in [0.3, 0.4) is 0 Å². The van der Waals surface area contributed by atoms with Crippen molar-refractivity contribution in [2.75, 3.05) is 27.2 Å². The summed E-state index contributed by atoms with van der Waals surface area (Å²) in [5.41, 5.74) is 4.03. The second-order valence-electron chi connectivity index (χ2n) is 7.40. The Bertz CT molecular complexity index is 980. The van der Waals surface area contributed by atoms with E-state index in [9.17, 15) is 9.18 Å². The zero-order chi connectivity index (χ0) is 20.8. The Labute approximate surface area is 171 Å². The average Bonchev–Trinajstić information content (AvgIpc) is 2.71. The van der Waals surface area contributed by atoms with E-state index >= 15 is 0 Å². The standard InChI is InChI=1S/C25H26FNO2/c1-18-16-21(10-13-24(18)26)23-7-5-4-6-20(23)17-25(28)19-8-11-22(12-9-19)29-15-14-27(2)3/h4-13,16H,14-15,17H2,1-3H3. The third-order valence-electron chi connectivity index (χ3n) is 4.82. The van der Waals surface area contributed by atoms with Crippen molar-refractivity contribution >= 4 is 5.78 Å². The lowest BCUT2D eigenvalue weighted by atomic mass is 9.94. The lowest BCUT2D eigenvalue weighted by Gasteiger charge is -2.12. The number of carbonyl (C=O) groups is 1. The maximum Gasteiger partial charge on any atom is 0.167 e. The van der Waals surface area contributed by atoms with E-state index in [-0.39, 0.29) is 18.0 Å². The highest BCUT2D eigenvalue weighted by Crippen LogP contribution is 2.27. The summed E-state index contributed by atoms with van der Waals surface area (Å²) < 4.78 is 19.3. The molecule has 0 atom stereocenters. The number of aryl methyl sites for hydroxylation is 1. The van der Waals surface area contributed by atoms with E-state index in [1.807, 2.05) is 56.6 Å². The largest absolute Gasteiger partial charge is 0.492 e. The summed E-state index contributed by atoms with van der Waals surface area (Å²) in [6.45, 7) is 3.18. The molecule has 0 spiro atoms. The topological polar surface area (TPSA) is 29.5 Å². The number of ether oxygens (including phenoxy) is 1. The van der Waals surface area contributed by atoms with Gasteiger partial charge >= 0.3 is 0 Å². The van der Waals surface area contributed by atoms with Crippen molar-refractivity contribution in [3.05, 3.63) is 89.2 Å². The number of ketones is 1. The second-order valence-corrected chi connectivity index (χ2v) is 7.40. The van der Waals surface area contributed by atoms with Gasteiger partial charge in [-0.1, -0.05) is 30.3 Å². The predicted octanol–water partition coefficient (Wildman–Crippen LogP) is 5.17. The SMILES string of the molecule is Cc1cc(-c2ccccc2CC(=O)c2ccc(OCCN(C)C)cc2)ccc1F. The van der Waals surface area contributed by atoms with Crippen molar-refractivity contribution in [2.24, 2.45) is 0 Å². The molecule has 0 aliphatic heterocycles. The summed E-state index contributed by atoms with van der Waals surface area (Å²) in [5.74, 6) is 0.567. The van der Waals surface area contributed by atoms with Crippen molar-refractivity contribution in [1.29, 1.82) is 0 Å². The Balaban J connectivity index is 1.73. The first-order chi connectivity index (χ1) is 13.9. The smallest absolute Gasteiger partial charge is 0.167 e. The number of rotatable bonds is 8. The molecule has 0 unspecified atom stereocenters. The Kier molecular flexibility index (Phi) is 6.78. The van der Waals surface area contributed by atoms with Crippen LogP contribution in [0.15, 0.2) is 66.7 Å². The molecule has 0 aliphatic rings. The minimum atomic E-state index is -0.227. The highest BCUT2D eigenvalue weighted by atomic mass is 19.1. The molecule has 29 heavy (non-hydrogen) atoms. The summed E-state index contributed by atoms with van der Waals surface area (Å²) in [5, 5.41) is 0. The number of nitrogens with zero attached hydrogens (tertiary/aromatic N) is 1. The molecule has 0 saturated carbocycles. The molecule has 3 aromatic rings. The van der Waals surface area contributed by atoms with E-state index in [2.05, 4.69) is 4.90 Å².